The van der Waals surface area contributed by atoms with E-state index in [1.807, 2.05) is 13.0 Å². The summed E-state index contributed by atoms with van der Waals surface area (Å²) in [4.78, 5) is 36.5. The quantitative estimate of drug-likeness (QED) is 0.764. The van der Waals surface area contributed by atoms with Gasteiger partial charge in [-0.3, -0.25) is 24.0 Å². The number of rotatable bonds is 6. The molecule has 2 N–H and O–H groups in total. The largest absolute Gasteiger partial charge is 0.481 e. The molecule has 2 heterocycles. The zero-order chi connectivity index (χ0) is 17.0. The Kier molecular flexibility index (Phi) is 5.64. The summed E-state index contributed by atoms with van der Waals surface area (Å²) in [6, 6.07) is 1.27. The summed E-state index contributed by atoms with van der Waals surface area (Å²) in [6.45, 7) is 2.45. The number of hydrogen-bond acceptors (Lipinski definition) is 5. The minimum atomic E-state index is -0.964. The fourth-order valence-electron chi connectivity index (χ4n) is 2.55. The van der Waals surface area contributed by atoms with Gasteiger partial charge < -0.3 is 10.4 Å². The van der Waals surface area contributed by atoms with E-state index in [1.165, 1.54) is 0 Å². The highest BCUT2D eigenvalue weighted by atomic mass is 32.2. The molecule has 2 amide bonds. The van der Waals surface area contributed by atoms with Crippen molar-refractivity contribution in [1.29, 1.82) is 0 Å². The minimum absolute atomic E-state index is 0.0287. The van der Waals surface area contributed by atoms with Crippen LogP contribution in [-0.4, -0.2) is 56.8 Å². The van der Waals surface area contributed by atoms with Crippen molar-refractivity contribution in [1.82, 2.24) is 15.1 Å². The molecule has 0 aliphatic carbocycles. The first-order valence-corrected chi connectivity index (χ1v) is 8.45. The summed E-state index contributed by atoms with van der Waals surface area (Å²) in [5, 5.41) is 15.5. The van der Waals surface area contributed by atoms with E-state index in [1.54, 1.807) is 16.6 Å². The standard InChI is InChI=1S/C14H20N4O4S/c1-9-6-12(17(2)16-9)18-5-3-4-10(14(18)22)15-11(19)7-23-8-13(20)21/h6,10H,3-5,7-8H2,1-2H3,(H,15,19)(H,20,21). The number of aliphatic carboxylic acids is 1. The third-order valence-electron chi connectivity index (χ3n) is 3.49. The Morgan fingerprint density at radius 1 is 1.48 bits per heavy atom. The maximum absolute atomic E-state index is 12.6. The van der Waals surface area contributed by atoms with Gasteiger partial charge in [0.2, 0.25) is 5.91 Å². The molecule has 9 heteroatoms. The lowest BCUT2D eigenvalue weighted by Crippen LogP contribution is -2.53. The number of nitrogens with zero attached hydrogens (tertiary/aromatic N) is 3. The molecule has 23 heavy (non-hydrogen) atoms. The third kappa shape index (κ3) is 4.47. The van der Waals surface area contributed by atoms with Crippen LogP contribution < -0.4 is 10.2 Å². The van der Waals surface area contributed by atoms with Crippen LogP contribution in [0.25, 0.3) is 0 Å². The first-order chi connectivity index (χ1) is 10.9. The molecule has 2 rings (SSSR count). The number of aromatic nitrogens is 2. The maximum Gasteiger partial charge on any atom is 0.313 e. The first-order valence-electron chi connectivity index (χ1n) is 7.29. The van der Waals surface area contributed by atoms with Crippen molar-refractivity contribution in [2.45, 2.75) is 25.8 Å². The van der Waals surface area contributed by atoms with E-state index >= 15 is 0 Å². The monoisotopic (exact) mass is 340 g/mol. The molecule has 1 atom stereocenters. The molecule has 1 unspecified atom stereocenters. The second kappa shape index (κ2) is 7.49. The van der Waals surface area contributed by atoms with E-state index in [0.29, 0.717) is 18.8 Å². The van der Waals surface area contributed by atoms with E-state index in [2.05, 4.69) is 10.4 Å². The molecule has 1 aliphatic heterocycles. The van der Waals surface area contributed by atoms with Crippen molar-refractivity contribution in [2.24, 2.45) is 7.05 Å². The number of piperidine rings is 1. The van der Waals surface area contributed by atoms with Gasteiger partial charge in [0.25, 0.3) is 5.91 Å². The zero-order valence-electron chi connectivity index (χ0n) is 13.1. The minimum Gasteiger partial charge on any atom is -0.481 e. The first kappa shape index (κ1) is 17.3. The van der Waals surface area contributed by atoms with Crippen LogP contribution in [0.1, 0.15) is 18.5 Å². The summed E-state index contributed by atoms with van der Waals surface area (Å²) in [7, 11) is 1.78. The normalized spacial score (nSPS) is 18.1. The van der Waals surface area contributed by atoms with Crippen molar-refractivity contribution in [3.63, 3.8) is 0 Å². The number of carbonyl (C=O) groups excluding carboxylic acids is 2. The van der Waals surface area contributed by atoms with E-state index in [0.717, 1.165) is 23.9 Å². The molecule has 0 radical (unpaired) electrons. The predicted octanol–water partition coefficient (Wildman–Crippen LogP) is 0.158. The lowest BCUT2D eigenvalue weighted by atomic mass is 10.0. The van der Waals surface area contributed by atoms with Gasteiger partial charge in [-0.25, -0.2) is 0 Å². The Morgan fingerprint density at radius 3 is 2.83 bits per heavy atom. The number of hydrogen-bond donors (Lipinski definition) is 2. The van der Waals surface area contributed by atoms with Gasteiger partial charge in [-0.2, -0.15) is 5.10 Å². The van der Waals surface area contributed by atoms with Crippen LogP contribution in [-0.2, 0) is 21.4 Å². The molecule has 0 saturated carbocycles. The molecular formula is C14H20N4O4S. The number of carboxylic acids is 1. The van der Waals surface area contributed by atoms with Crippen LogP contribution >= 0.6 is 11.8 Å². The van der Waals surface area contributed by atoms with Gasteiger partial charge in [0.1, 0.15) is 11.9 Å². The van der Waals surface area contributed by atoms with Crippen molar-refractivity contribution in [3.05, 3.63) is 11.8 Å². The fourth-order valence-corrected chi connectivity index (χ4v) is 3.10. The second-order valence-electron chi connectivity index (χ2n) is 5.41. The van der Waals surface area contributed by atoms with Gasteiger partial charge in [-0.05, 0) is 19.8 Å². The van der Waals surface area contributed by atoms with E-state index in [4.69, 9.17) is 5.11 Å². The zero-order valence-corrected chi connectivity index (χ0v) is 13.9. The highest BCUT2D eigenvalue weighted by Gasteiger charge is 2.32. The summed E-state index contributed by atoms with van der Waals surface area (Å²) in [6.07, 6.45) is 1.37. The van der Waals surface area contributed by atoms with Crippen LogP contribution in [0.15, 0.2) is 6.07 Å². The average Bonchev–Trinajstić information content (AvgIpc) is 2.79. The third-order valence-corrected chi connectivity index (χ3v) is 4.40. The van der Waals surface area contributed by atoms with Gasteiger partial charge in [-0.15, -0.1) is 11.8 Å². The molecular weight excluding hydrogens is 320 g/mol. The fraction of sp³-hybridized carbons (Fsp3) is 0.571. The lowest BCUT2D eigenvalue weighted by molar-refractivity contribution is -0.133. The Bertz CT molecular complexity index is 616. The molecule has 1 saturated heterocycles. The molecule has 0 bridgehead atoms. The number of anilines is 1. The van der Waals surface area contributed by atoms with Gasteiger partial charge in [0.15, 0.2) is 0 Å². The SMILES string of the molecule is Cc1cc(N2CCCC(NC(=O)CSCC(=O)O)C2=O)n(C)n1. The van der Waals surface area contributed by atoms with Crippen LogP contribution in [0.3, 0.4) is 0 Å². The Morgan fingerprint density at radius 2 is 2.22 bits per heavy atom. The molecule has 126 valence electrons. The molecule has 0 spiro atoms. The van der Waals surface area contributed by atoms with Gasteiger partial charge >= 0.3 is 5.97 Å². The smallest absolute Gasteiger partial charge is 0.313 e. The average molecular weight is 340 g/mol. The Labute approximate surface area is 138 Å². The topological polar surface area (TPSA) is 105 Å². The summed E-state index contributed by atoms with van der Waals surface area (Å²) < 4.78 is 1.65. The number of amides is 2. The van der Waals surface area contributed by atoms with E-state index < -0.39 is 12.0 Å². The van der Waals surface area contributed by atoms with Crippen LogP contribution in [0, 0.1) is 6.92 Å². The molecule has 0 aromatic carbocycles. The van der Waals surface area contributed by atoms with Gasteiger partial charge in [-0.1, -0.05) is 0 Å². The summed E-state index contributed by atoms with van der Waals surface area (Å²) >= 11 is 1.01. The number of thioether (sulfide) groups is 1. The molecule has 1 aromatic heterocycles. The van der Waals surface area contributed by atoms with Crippen LogP contribution in [0.5, 0.6) is 0 Å². The van der Waals surface area contributed by atoms with Gasteiger partial charge in [0, 0.05) is 19.7 Å². The van der Waals surface area contributed by atoms with Crippen molar-refractivity contribution >= 4 is 35.4 Å². The van der Waals surface area contributed by atoms with Crippen molar-refractivity contribution in [3.8, 4) is 0 Å². The molecule has 1 aromatic rings. The lowest BCUT2D eigenvalue weighted by Gasteiger charge is -2.32. The Balaban J connectivity index is 1.95. The highest BCUT2D eigenvalue weighted by Crippen LogP contribution is 2.21. The number of carboxylic acid groups (broad SMARTS) is 1. The van der Waals surface area contributed by atoms with E-state index in [-0.39, 0.29) is 23.3 Å². The predicted molar refractivity (Wildman–Crippen MR) is 86.4 cm³/mol. The van der Waals surface area contributed by atoms with E-state index in [9.17, 15) is 14.4 Å². The number of aryl methyl sites for hydroxylation is 2. The Hall–Kier alpha value is -2.03. The summed E-state index contributed by atoms with van der Waals surface area (Å²) in [5.74, 6) is -0.831. The van der Waals surface area contributed by atoms with Crippen molar-refractivity contribution in [2.75, 3.05) is 23.0 Å². The number of carbonyl (C=O) groups is 3. The van der Waals surface area contributed by atoms with Crippen LogP contribution in [0.4, 0.5) is 5.82 Å². The second-order valence-corrected chi connectivity index (χ2v) is 6.39. The number of nitrogens with one attached hydrogen (secondary N) is 1. The van der Waals surface area contributed by atoms with Crippen LogP contribution in [0.2, 0.25) is 0 Å². The van der Waals surface area contributed by atoms with Gasteiger partial charge in [0.05, 0.1) is 17.2 Å². The molecule has 1 aliphatic rings. The highest BCUT2D eigenvalue weighted by molar-refractivity contribution is 8.00. The van der Waals surface area contributed by atoms with Crippen molar-refractivity contribution < 1.29 is 19.5 Å². The molecule has 8 nitrogen and oxygen atoms in total. The molecule has 1 fully saturated rings. The summed E-state index contributed by atoms with van der Waals surface area (Å²) in [5.41, 5.74) is 0.825. The maximum atomic E-state index is 12.6.